The molecule has 18 heavy (non-hydrogen) atoms. The van der Waals surface area contributed by atoms with Gasteiger partial charge in [0.05, 0.1) is 4.92 Å². The fourth-order valence-corrected chi connectivity index (χ4v) is 2.17. The largest absolute Gasteiger partial charge is 0.384 e. The van der Waals surface area contributed by atoms with Gasteiger partial charge in [-0.25, -0.2) is 9.37 Å². The standard InChI is InChI=1S/C11H8FN3O2S/c12-7-1-3-8(4-2-7)18-11-9(15(16)17)5-6-10(13)14-11/h1-6H,(H2,13,14). The van der Waals surface area contributed by atoms with Gasteiger partial charge in [0.15, 0.2) is 5.03 Å². The van der Waals surface area contributed by atoms with Crippen molar-refractivity contribution < 1.29 is 9.31 Å². The van der Waals surface area contributed by atoms with E-state index < -0.39 is 4.92 Å². The minimum absolute atomic E-state index is 0.126. The average molecular weight is 265 g/mol. The molecule has 0 aliphatic rings. The Morgan fingerprint density at radius 2 is 1.89 bits per heavy atom. The molecule has 7 heteroatoms. The average Bonchev–Trinajstić information content (AvgIpc) is 2.32. The van der Waals surface area contributed by atoms with Gasteiger partial charge in [-0.2, -0.15) is 0 Å². The van der Waals surface area contributed by atoms with Gasteiger partial charge in [-0.1, -0.05) is 11.8 Å². The number of rotatable bonds is 3. The van der Waals surface area contributed by atoms with Crippen molar-refractivity contribution in [1.82, 2.24) is 4.98 Å². The minimum Gasteiger partial charge on any atom is -0.384 e. The molecule has 0 fully saturated rings. The van der Waals surface area contributed by atoms with E-state index in [9.17, 15) is 14.5 Å². The van der Waals surface area contributed by atoms with E-state index in [0.29, 0.717) is 4.90 Å². The number of nitrogens with zero attached hydrogens (tertiary/aromatic N) is 2. The molecule has 0 spiro atoms. The zero-order valence-corrected chi connectivity index (χ0v) is 9.86. The summed E-state index contributed by atoms with van der Waals surface area (Å²) in [4.78, 5) is 14.9. The van der Waals surface area contributed by atoms with Crippen molar-refractivity contribution in [3.8, 4) is 0 Å². The van der Waals surface area contributed by atoms with Crippen molar-refractivity contribution in [3.05, 3.63) is 52.3 Å². The molecule has 5 nitrogen and oxygen atoms in total. The van der Waals surface area contributed by atoms with Crippen LogP contribution in [-0.4, -0.2) is 9.91 Å². The van der Waals surface area contributed by atoms with E-state index in [4.69, 9.17) is 5.73 Å². The number of hydrogen-bond donors (Lipinski definition) is 1. The third-order valence-electron chi connectivity index (χ3n) is 2.09. The summed E-state index contributed by atoms with van der Waals surface area (Å²) in [5.74, 6) is -0.167. The van der Waals surface area contributed by atoms with Gasteiger partial charge >= 0.3 is 5.69 Å². The van der Waals surface area contributed by atoms with Gasteiger partial charge in [0.25, 0.3) is 0 Å². The van der Waals surface area contributed by atoms with Crippen LogP contribution in [0.4, 0.5) is 15.9 Å². The minimum atomic E-state index is -0.529. The van der Waals surface area contributed by atoms with E-state index in [1.807, 2.05) is 0 Å². The number of aromatic nitrogens is 1. The first-order valence-electron chi connectivity index (χ1n) is 4.90. The topological polar surface area (TPSA) is 82.0 Å². The van der Waals surface area contributed by atoms with Crippen molar-refractivity contribution in [1.29, 1.82) is 0 Å². The van der Waals surface area contributed by atoms with E-state index in [-0.39, 0.29) is 22.3 Å². The van der Waals surface area contributed by atoms with Crippen LogP contribution >= 0.6 is 11.8 Å². The van der Waals surface area contributed by atoms with Crippen LogP contribution in [0.1, 0.15) is 0 Å². The van der Waals surface area contributed by atoms with Crippen LogP contribution < -0.4 is 5.73 Å². The van der Waals surface area contributed by atoms with Gasteiger partial charge in [-0.15, -0.1) is 0 Å². The molecule has 1 aromatic heterocycles. The summed E-state index contributed by atoms with van der Waals surface area (Å²) in [6.07, 6.45) is 0. The van der Waals surface area contributed by atoms with Crippen molar-refractivity contribution >= 4 is 23.3 Å². The fourth-order valence-electron chi connectivity index (χ4n) is 1.28. The van der Waals surface area contributed by atoms with Crippen molar-refractivity contribution in [2.45, 2.75) is 9.92 Å². The number of halogens is 1. The maximum atomic E-state index is 12.7. The summed E-state index contributed by atoms with van der Waals surface area (Å²) in [6, 6.07) is 8.27. The second-order valence-corrected chi connectivity index (χ2v) is 4.44. The highest BCUT2D eigenvalue weighted by Crippen LogP contribution is 2.33. The van der Waals surface area contributed by atoms with Crippen LogP contribution in [0, 0.1) is 15.9 Å². The highest BCUT2D eigenvalue weighted by atomic mass is 32.2. The van der Waals surface area contributed by atoms with Crippen LogP contribution in [0.5, 0.6) is 0 Å². The predicted molar refractivity (Wildman–Crippen MR) is 65.8 cm³/mol. The maximum absolute atomic E-state index is 12.7. The van der Waals surface area contributed by atoms with E-state index in [1.54, 1.807) is 0 Å². The highest BCUT2D eigenvalue weighted by Gasteiger charge is 2.16. The number of benzene rings is 1. The molecule has 0 amide bonds. The lowest BCUT2D eigenvalue weighted by molar-refractivity contribution is -0.388. The third kappa shape index (κ3) is 2.75. The first-order valence-corrected chi connectivity index (χ1v) is 5.72. The van der Waals surface area contributed by atoms with E-state index in [1.165, 1.54) is 36.4 Å². The number of pyridine rings is 1. The van der Waals surface area contributed by atoms with Crippen LogP contribution in [0.3, 0.4) is 0 Å². The molecular formula is C11H8FN3O2S. The van der Waals surface area contributed by atoms with Gasteiger partial charge in [0.1, 0.15) is 11.6 Å². The number of nitrogens with two attached hydrogens (primary N) is 1. The van der Waals surface area contributed by atoms with Gasteiger partial charge in [-0.3, -0.25) is 10.1 Å². The predicted octanol–water partition coefficient (Wildman–Crippen LogP) is 2.86. The monoisotopic (exact) mass is 265 g/mol. The Bertz CT molecular complexity index is 589. The summed E-state index contributed by atoms with van der Waals surface area (Å²) in [5, 5.41) is 11.0. The molecule has 0 atom stereocenters. The van der Waals surface area contributed by atoms with Crippen molar-refractivity contribution in [2.24, 2.45) is 0 Å². The SMILES string of the molecule is Nc1ccc([N+](=O)[O-])c(Sc2ccc(F)cc2)n1. The molecule has 0 saturated heterocycles. The Hall–Kier alpha value is -2.15. The molecule has 1 heterocycles. The summed E-state index contributed by atoms with van der Waals surface area (Å²) in [7, 11) is 0. The number of hydrogen-bond acceptors (Lipinski definition) is 5. The molecule has 0 unspecified atom stereocenters. The quantitative estimate of drug-likeness (QED) is 0.681. The van der Waals surface area contributed by atoms with E-state index >= 15 is 0 Å². The Labute approximate surface area is 106 Å². The number of anilines is 1. The van der Waals surface area contributed by atoms with Crippen molar-refractivity contribution in [2.75, 3.05) is 5.73 Å². The molecule has 2 aromatic rings. The normalized spacial score (nSPS) is 10.3. The maximum Gasteiger partial charge on any atom is 0.301 e. The van der Waals surface area contributed by atoms with Crippen LogP contribution in [-0.2, 0) is 0 Å². The lowest BCUT2D eigenvalue weighted by Crippen LogP contribution is -1.97. The molecule has 2 N–H and O–H groups in total. The van der Waals surface area contributed by atoms with Crippen LogP contribution in [0.2, 0.25) is 0 Å². The molecule has 0 bridgehead atoms. The zero-order chi connectivity index (χ0) is 13.1. The van der Waals surface area contributed by atoms with Gasteiger partial charge in [0.2, 0.25) is 0 Å². The second kappa shape index (κ2) is 5.01. The van der Waals surface area contributed by atoms with E-state index in [2.05, 4.69) is 4.98 Å². The molecule has 0 saturated carbocycles. The lowest BCUT2D eigenvalue weighted by Gasteiger charge is -2.03. The first kappa shape index (κ1) is 12.3. The Morgan fingerprint density at radius 3 is 2.50 bits per heavy atom. The molecular weight excluding hydrogens is 257 g/mol. The van der Waals surface area contributed by atoms with Crippen LogP contribution in [0.25, 0.3) is 0 Å². The number of nitro groups is 1. The highest BCUT2D eigenvalue weighted by molar-refractivity contribution is 7.99. The summed E-state index contributed by atoms with van der Waals surface area (Å²) >= 11 is 1.07. The van der Waals surface area contributed by atoms with E-state index in [0.717, 1.165) is 11.8 Å². The Kier molecular flexibility index (Phi) is 3.42. The van der Waals surface area contributed by atoms with Crippen LogP contribution in [0.15, 0.2) is 46.3 Å². The first-order chi connectivity index (χ1) is 8.56. The summed E-state index contributed by atoms with van der Waals surface area (Å²) in [5.41, 5.74) is 5.37. The Balaban J connectivity index is 2.35. The summed E-state index contributed by atoms with van der Waals surface area (Å²) < 4.78 is 12.7. The Morgan fingerprint density at radius 1 is 1.22 bits per heavy atom. The number of nitrogen functional groups attached to an aromatic ring is 1. The molecule has 0 aliphatic heterocycles. The zero-order valence-electron chi connectivity index (χ0n) is 9.04. The third-order valence-corrected chi connectivity index (χ3v) is 3.09. The van der Waals surface area contributed by atoms with Gasteiger partial charge in [-0.05, 0) is 30.3 Å². The van der Waals surface area contributed by atoms with Gasteiger partial charge < -0.3 is 5.73 Å². The van der Waals surface area contributed by atoms with Crippen molar-refractivity contribution in [3.63, 3.8) is 0 Å². The fraction of sp³-hybridized carbons (Fsp3) is 0. The molecule has 2 rings (SSSR count). The summed E-state index contributed by atoms with van der Waals surface area (Å²) in [6.45, 7) is 0. The molecule has 0 radical (unpaired) electrons. The molecule has 0 aliphatic carbocycles. The van der Waals surface area contributed by atoms with Gasteiger partial charge in [0, 0.05) is 11.0 Å². The smallest absolute Gasteiger partial charge is 0.301 e. The molecule has 1 aromatic carbocycles. The molecule has 92 valence electrons. The second-order valence-electron chi connectivity index (χ2n) is 3.37. The lowest BCUT2D eigenvalue weighted by atomic mass is 10.4.